The molecule has 0 saturated carbocycles. The summed E-state index contributed by atoms with van der Waals surface area (Å²) in [6, 6.07) is 6.83. The second-order valence-electron chi connectivity index (χ2n) is 13.0. The molecule has 0 radical (unpaired) electrons. The van der Waals surface area contributed by atoms with Gasteiger partial charge in [-0.05, 0) is 51.3 Å². The van der Waals surface area contributed by atoms with Gasteiger partial charge in [0.1, 0.15) is 29.9 Å². The first-order valence-corrected chi connectivity index (χ1v) is 15.4. The molecule has 43 heavy (non-hydrogen) atoms. The molecule has 4 aromatic rings. The van der Waals surface area contributed by atoms with E-state index in [0.29, 0.717) is 47.7 Å². The molecule has 2 aromatic carbocycles. The number of ether oxygens (including phenoxy) is 1. The van der Waals surface area contributed by atoms with Crippen molar-refractivity contribution in [2.45, 2.75) is 62.3 Å². The molecule has 2 bridgehead atoms. The highest BCUT2D eigenvalue weighted by molar-refractivity contribution is 6.36. The predicted octanol–water partition coefficient (Wildman–Crippen LogP) is 6.06. The van der Waals surface area contributed by atoms with Gasteiger partial charge in [-0.3, -0.25) is 9.88 Å². The van der Waals surface area contributed by atoms with Crippen LogP contribution in [-0.2, 0) is 0 Å². The van der Waals surface area contributed by atoms with Crippen LogP contribution in [0.2, 0.25) is 5.02 Å². The van der Waals surface area contributed by atoms with Crippen LogP contribution in [0.1, 0.15) is 39.0 Å². The zero-order valence-corrected chi connectivity index (χ0v) is 24.6. The molecule has 11 heteroatoms. The smallest absolute Gasteiger partial charge is 0.319 e. The van der Waals surface area contributed by atoms with Gasteiger partial charge in [0, 0.05) is 76.8 Å². The molecule has 0 aliphatic carbocycles. The summed E-state index contributed by atoms with van der Waals surface area (Å²) in [5.74, 6) is -1.14. The van der Waals surface area contributed by atoms with Gasteiger partial charge in [-0.1, -0.05) is 23.7 Å². The molecule has 4 saturated heterocycles. The fraction of sp³-hybridized carbons (Fsp3) is 0.469. The zero-order chi connectivity index (χ0) is 29.5. The SMILES string of the molecule is C[C@@]12CC[C@H](CN(c3nc(OC[C@@]45CCCN4C[C@H](F)C5)nc4c(F)c(-c5cncc6cccc(Cl)c56)c(F)cc34)C1)N2. The van der Waals surface area contributed by atoms with Gasteiger partial charge in [0.25, 0.3) is 0 Å². The number of alkyl halides is 1. The lowest BCUT2D eigenvalue weighted by Crippen LogP contribution is -2.58. The van der Waals surface area contributed by atoms with Crippen molar-refractivity contribution in [3.63, 3.8) is 0 Å². The van der Waals surface area contributed by atoms with E-state index < -0.39 is 23.3 Å². The van der Waals surface area contributed by atoms with E-state index >= 15 is 8.78 Å². The van der Waals surface area contributed by atoms with Crippen molar-refractivity contribution in [2.75, 3.05) is 37.7 Å². The van der Waals surface area contributed by atoms with Crippen LogP contribution < -0.4 is 15.0 Å². The maximum atomic E-state index is 16.7. The molecular formula is C32H32ClF3N6O. The molecule has 0 spiro atoms. The fourth-order valence-corrected chi connectivity index (χ4v) is 8.33. The molecule has 4 atom stereocenters. The Hall–Kier alpha value is -3.21. The van der Waals surface area contributed by atoms with Crippen molar-refractivity contribution in [1.82, 2.24) is 25.2 Å². The van der Waals surface area contributed by atoms with Crippen molar-refractivity contribution in [1.29, 1.82) is 0 Å². The number of hydrogen-bond acceptors (Lipinski definition) is 7. The minimum atomic E-state index is -0.904. The van der Waals surface area contributed by atoms with E-state index in [1.165, 1.54) is 12.3 Å². The van der Waals surface area contributed by atoms with Crippen LogP contribution in [0.15, 0.2) is 36.7 Å². The third-order valence-corrected chi connectivity index (χ3v) is 10.3. The molecule has 4 aliphatic heterocycles. The molecule has 2 aromatic heterocycles. The maximum absolute atomic E-state index is 16.7. The molecule has 6 heterocycles. The standard InChI is InChI=1S/C32H32ClF3N6O/c1-31-8-6-20(40-31)15-41(16-31)29-21-10-24(35)26(22-13-37-12-18-4-2-5-23(33)25(18)22)27(36)28(21)38-30(39-29)43-17-32-7-3-9-42(32)14-19(34)11-32/h2,4-5,10,12-13,19-20,40H,3,6-9,11,14-17H2,1H3/t19-,20-,31-,32+/m1/s1. The lowest BCUT2D eigenvalue weighted by Gasteiger charge is -2.40. The van der Waals surface area contributed by atoms with Crippen LogP contribution in [0.5, 0.6) is 6.01 Å². The monoisotopic (exact) mass is 608 g/mol. The van der Waals surface area contributed by atoms with Crippen LogP contribution in [0.4, 0.5) is 19.0 Å². The minimum absolute atomic E-state index is 0.00704. The molecule has 224 valence electrons. The topological polar surface area (TPSA) is 66.4 Å². The Morgan fingerprint density at radius 3 is 2.91 bits per heavy atom. The summed E-state index contributed by atoms with van der Waals surface area (Å²) in [5.41, 5.74) is -0.592. The number of nitrogens with zero attached hydrogens (tertiary/aromatic N) is 5. The number of aromatic nitrogens is 3. The van der Waals surface area contributed by atoms with Gasteiger partial charge in [0.15, 0.2) is 5.82 Å². The minimum Gasteiger partial charge on any atom is -0.461 e. The van der Waals surface area contributed by atoms with Crippen molar-refractivity contribution in [2.24, 2.45) is 0 Å². The van der Waals surface area contributed by atoms with Crippen LogP contribution in [0.25, 0.3) is 32.8 Å². The number of rotatable bonds is 5. The summed E-state index contributed by atoms with van der Waals surface area (Å²) >= 11 is 6.53. The highest BCUT2D eigenvalue weighted by Crippen LogP contribution is 2.43. The normalized spacial score (nSPS) is 28.7. The number of anilines is 1. The largest absolute Gasteiger partial charge is 0.461 e. The average Bonchev–Trinajstić information content (AvgIpc) is 3.60. The Morgan fingerprint density at radius 2 is 2.05 bits per heavy atom. The number of halogens is 4. The number of piperazine rings is 1. The highest BCUT2D eigenvalue weighted by atomic mass is 35.5. The van der Waals surface area contributed by atoms with Gasteiger partial charge in [-0.15, -0.1) is 0 Å². The number of pyridine rings is 1. The first-order valence-electron chi connectivity index (χ1n) is 15.0. The van der Waals surface area contributed by atoms with Crippen LogP contribution >= 0.6 is 11.6 Å². The van der Waals surface area contributed by atoms with E-state index in [0.717, 1.165) is 32.2 Å². The lowest BCUT2D eigenvalue weighted by molar-refractivity contribution is 0.107. The molecule has 0 unspecified atom stereocenters. The second kappa shape index (κ2) is 9.90. The molecule has 1 N–H and O–H groups in total. The summed E-state index contributed by atoms with van der Waals surface area (Å²) in [5, 5.41) is 5.50. The van der Waals surface area contributed by atoms with E-state index in [2.05, 4.69) is 32.0 Å². The quantitative estimate of drug-likeness (QED) is 0.295. The second-order valence-corrected chi connectivity index (χ2v) is 13.4. The summed E-state index contributed by atoms with van der Waals surface area (Å²) in [6.07, 6.45) is 6.35. The average molecular weight is 609 g/mol. The van der Waals surface area contributed by atoms with Crippen molar-refractivity contribution in [3.8, 4) is 17.1 Å². The molecule has 7 nitrogen and oxygen atoms in total. The Kier molecular flexibility index (Phi) is 6.30. The van der Waals surface area contributed by atoms with Crippen LogP contribution in [-0.4, -0.2) is 75.9 Å². The van der Waals surface area contributed by atoms with E-state index in [1.807, 2.05) is 0 Å². The summed E-state index contributed by atoms with van der Waals surface area (Å²) < 4.78 is 53.5. The maximum Gasteiger partial charge on any atom is 0.319 e. The van der Waals surface area contributed by atoms with Crippen molar-refractivity contribution >= 4 is 39.1 Å². The molecule has 0 amide bonds. The third kappa shape index (κ3) is 4.44. The summed E-state index contributed by atoms with van der Waals surface area (Å²) in [4.78, 5) is 17.8. The van der Waals surface area contributed by atoms with Gasteiger partial charge >= 0.3 is 6.01 Å². The van der Waals surface area contributed by atoms with Gasteiger partial charge in [-0.25, -0.2) is 13.2 Å². The number of benzene rings is 2. The van der Waals surface area contributed by atoms with E-state index in [4.69, 9.17) is 21.3 Å². The van der Waals surface area contributed by atoms with E-state index in [-0.39, 0.29) is 46.2 Å². The van der Waals surface area contributed by atoms with Gasteiger partial charge in [0.05, 0.1) is 11.1 Å². The van der Waals surface area contributed by atoms with Gasteiger partial charge in [0.2, 0.25) is 0 Å². The van der Waals surface area contributed by atoms with E-state index in [1.54, 1.807) is 24.4 Å². The third-order valence-electron chi connectivity index (χ3n) is 9.95. The fourth-order valence-electron chi connectivity index (χ4n) is 8.04. The first kappa shape index (κ1) is 27.3. The molecule has 8 rings (SSSR count). The van der Waals surface area contributed by atoms with Gasteiger partial charge in [-0.2, -0.15) is 9.97 Å². The number of hydrogen-bond donors (Lipinski definition) is 1. The summed E-state index contributed by atoms with van der Waals surface area (Å²) in [6.45, 7) is 4.87. The molecular weight excluding hydrogens is 577 g/mol. The predicted molar refractivity (Wildman–Crippen MR) is 161 cm³/mol. The highest BCUT2D eigenvalue weighted by Gasteiger charge is 2.49. The molecule has 4 aliphatic rings. The van der Waals surface area contributed by atoms with Crippen molar-refractivity contribution in [3.05, 3.63) is 53.3 Å². The Bertz CT molecular complexity index is 1770. The Labute approximate surface area is 252 Å². The first-order chi connectivity index (χ1) is 20.7. The van der Waals surface area contributed by atoms with Crippen molar-refractivity contribution < 1.29 is 17.9 Å². The van der Waals surface area contributed by atoms with E-state index in [9.17, 15) is 4.39 Å². The zero-order valence-electron chi connectivity index (χ0n) is 23.8. The van der Waals surface area contributed by atoms with Crippen LogP contribution in [0.3, 0.4) is 0 Å². The number of nitrogens with one attached hydrogen (secondary N) is 1. The van der Waals surface area contributed by atoms with Gasteiger partial charge < -0.3 is 15.0 Å². The lowest BCUT2D eigenvalue weighted by atomic mass is 9.95. The summed E-state index contributed by atoms with van der Waals surface area (Å²) in [7, 11) is 0. The number of fused-ring (bicyclic) bond motifs is 5. The molecule has 4 fully saturated rings. The Morgan fingerprint density at radius 1 is 1.16 bits per heavy atom. The van der Waals surface area contributed by atoms with Crippen LogP contribution in [0, 0.1) is 11.6 Å². The Balaban J connectivity index is 1.28.